The molecule has 0 saturated heterocycles. The summed E-state index contributed by atoms with van der Waals surface area (Å²) in [5, 5.41) is 13.9. The van der Waals surface area contributed by atoms with Crippen molar-refractivity contribution in [1.82, 2.24) is 0 Å². The summed E-state index contributed by atoms with van der Waals surface area (Å²) >= 11 is 5.81. The summed E-state index contributed by atoms with van der Waals surface area (Å²) in [6, 6.07) is 7.38. The molecule has 0 aliphatic carbocycles. The van der Waals surface area contributed by atoms with Gasteiger partial charge in [0.15, 0.2) is 0 Å². The van der Waals surface area contributed by atoms with Gasteiger partial charge in [-0.15, -0.1) is 0 Å². The van der Waals surface area contributed by atoms with E-state index in [2.05, 4.69) is 10.6 Å². The van der Waals surface area contributed by atoms with Crippen molar-refractivity contribution in [2.45, 2.75) is 6.18 Å². The van der Waals surface area contributed by atoms with E-state index in [0.29, 0.717) is 0 Å². The largest absolute Gasteiger partial charge is 0.508 e. The maximum absolute atomic E-state index is 12.6. The van der Waals surface area contributed by atoms with Crippen LogP contribution in [0.4, 0.5) is 29.3 Å². The topological polar surface area (TPSA) is 61.4 Å². The van der Waals surface area contributed by atoms with E-state index in [-0.39, 0.29) is 22.1 Å². The van der Waals surface area contributed by atoms with E-state index >= 15 is 0 Å². The van der Waals surface area contributed by atoms with Crippen LogP contribution in [0.1, 0.15) is 5.56 Å². The van der Waals surface area contributed by atoms with Crippen LogP contribution >= 0.6 is 11.6 Å². The molecule has 2 amide bonds. The summed E-state index contributed by atoms with van der Waals surface area (Å²) in [6.45, 7) is 0. The standard InChI is InChI=1S/C14H10ClF3N2O2/c15-11-7-10(21)4-5-12(11)20-13(22)19-9-3-1-2-8(6-9)14(16,17)18/h1-7,21H,(H2,19,20,22). The number of rotatable bonds is 2. The summed E-state index contributed by atoms with van der Waals surface area (Å²) < 4.78 is 37.7. The molecule has 3 N–H and O–H groups in total. The van der Waals surface area contributed by atoms with Gasteiger partial charge in [-0.05, 0) is 30.3 Å². The number of carbonyl (C=O) groups is 1. The Kier molecular flexibility index (Phi) is 4.46. The number of urea groups is 1. The molecule has 0 atom stereocenters. The summed E-state index contributed by atoms with van der Waals surface area (Å²) in [7, 11) is 0. The van der Waals surface area contributed by atoms with Crippen LogP contribution < -0.4 is 10.6 Å². The summed E-state index contributed by atoms with van der Waals surface area (Å²) in [5.74, 6) is -0.0752. The molecule has 0 aromatic heterocycles. The van der Waals surface area contributed by atoms with Gasteiger partial charge >= 0.3 is 12.2 Å². The molecule has 2 rings (SSSR count). The van der Waals surface area contributed by atoms with Gasteiger partial charge in [-0.3, -0.25) is 0 Å². The molecule has 0 heterocycles. The van der Waals surface area contributed by atoms with Crippen LogP contribution in [-0.4, -0.2) is 11.1 Å². The van der Waals surface area contributed by atoms with E-state index in [0.717, 1.165) is 12.1 Å². The maximum atomic E-state index is 12.6. The second-order valence-electron chi connectivity index (χ2n) is 4.32. The van der Waals surface area contributed by atoms with Crippen LogP contribution in [0.15, 0.2) is 42.5 Å². The van der Waals surface area contributed by atoms with Crippen LogP contribution in [0.25, 0.3) is 0 Å². The number of phenolic OH excluding ortho intramolecular Hbond substituents is 1. The highest BCUT2D eigenvalue weighted by Gasteiger charge is 2.30. The molecule has 22 heavy (non-hydrogen) atoms. The molecule has 0 aliphatic heterocycles. The van der Waals surface area contributed by atoms with Crippen molar-refractivity contribution in [3.63, 3.8) is 0 Å². The normalized spacial score (nSPS) is 11.1. The van der Waals surface area contributed by atoms with E-state index in [9.17, 15) is 23.1 Å². The van der Waals surface area contributed by atoms with Gasteiger partial charge in [0.2, 0.25) is 0 Å². The fourth-order valence-electron chi connectivity index (χ4n) is 1.66. The Hall–Kier alpha value is -2.41. The van der Waals surface area contributed by atoms with Crippen molar-refractivity contribution >= 4 is 29.0 Å². The van der Waals surface area contributed by atoms with Crippen LogP contribution in [0.2, 0.25) is 5.02 Å². The van der Waals surface area contributed by atoms with Crippen molar-refractivity contribution in [2.75, 3.05) is 10.6 Å². The Morgan fingerprint density at radius 2 is 1.82 bits per heavy atom. The number of hydrogen-bond acceptors (Lipinski definition) is 2. The molecular weight excluding hydrogens is 321 g/mol. The molecular formula is C14H10ClF3N2O2. The van der Waals surface area contributed by atoms with Gasteiger partial charge in [0, 0.05) is 11.8 Å². The summed E-state index contributed by atoms with van der Waals surface area (Å²) in [4.78, 5) is 11.8. The number of aromatic hydroxyl groups is 1. The first-order valence-electron chi connectivity index (χ1n) is 5.99. The maximum Gasteiger partial charge on any atom is 0.416 e. The van der Waals surface area contributed by atoms with Crippen LogP contribution in [0.5, 0.6) is 5.75 Å². The summed E-state index contributed by atoms with van der Waals surface area (Å²) in [6.07, 6.45) is -4.49. The molecule has 0 radical (unpaired) electrons. The Labute approximate surface area is 128 Å². The first-order chi connectivity index (χ1) is 10.3. The molecule has 0 fully saturated rings. The van der Waals surface area contributed by atoms with E-state index in [1.54, 1.807) is 0 Å². The zero-order valence-electron chi connectivity index (χ0n) is 10.9. The number of hydrogen-bond donors (Lipinski definition) is 3. The van der Waals surface area contributed by atoms with Crippen molar-refractivity contribution in [1.29, 1.82) is 0 Å². The number of halogens is 4. The predicted molar refractivity (Wildman–Crippen MR) is 77.2 cm³/mol. The van der Waals surface area contributed by atoms with E-state index < -0.39 is 17.8 Å². The number of amides is 2. The first kappa shape index (κ1) is 16.0. The molecule has 2 aromatic rings. The van der Waals surface area contributed by atoms with Crippen molar-refractivity contribution in [3.05, 3.63) is 53.1 Å². The molecule has 2 aromatic carbocycles. The lowest BCUT2D eigenvalue weighted by Crippen LogP contribution is -2.20. The molecule has 0 saturated carbocycles. The smallest absolute Gasteiger partial charge is 0.416 e. The molecule has 0 aliphatic rings. The molecule has 0 spiro atoms. The van der Waals surface area contributed by atoms with Gasteiger partial charge in [-0.2, -0.15) is 13.2 Å². The second kappa shape index (κ2) is 6.15. The predicted octanol–water partition coefficient (Wildman–Crippen LogP) is 4.71. The minimum absolute atomic E-state index is 0.0118. The monoisotopic (exact) mass is 330 g/mol. The highest BCUT2D eigenvalue weighted by Crippen LogP contribution is 2.31. The van der Waals surface area contributed by atoms with Crippen LogP contribution in [0.3, 0.4) is 0 Å². The Morgan fingerprint density at radius 1 is 1.09 bits per heavy atom. The molecule has 0 bridgehead atoms. The van der Waals surface area contributed by atoms with Gasteiger partial charge in [-0.1, -0.05) is 17.7 Å². The minimum atomic E-state index is -4.49. The number of anilines is 2. The third kappa shape index (κ3) is 4.05. The number of alkyl halides is 3. The summed E-state index contributed by atoms with van der Waals surface area (Å²) in [5.41, 5.74) is -0.667. The first-order valence-corrected chi connectivity index (χ1v) is 6.37. The average Bonchev–Trinajstić information content (AvgIpc) is 2.41. The zero-order valence-corrected chi connectivity index (χ0v) is 11.7. The number of phenols is 1. The Morgan fingerprint density at radius 3 is 2.45 bits per heavy atom. The van der Waals surface area contributed by atoms with Crippen molar-refractivity contribution < 1.29 is 23.1 Å². The second-order valence-corrected chi connectivity index (χ2v) is 4.73. The lowest BCUT2D eigenvalue weighted by atomic mass is 10.2. The third-order valence-corrected chi connectivity index (χ3v) is 2.96. The van der Waals surface area contributed by atoms with Gasteiger partial charge in [0.05, 0.1) is 16.3 Å². The minimum Gasteiger partial charge on any atom is -0.508 e. The van der Waals surface area contributed by atoms with Gasteiger partial charge in [0.25, 0.3) is 0 Å². The van der Waals surface area contributed by atoms with E-state index in [1.165, 1.54) is 30.3 Å². The van der Waals surface area contributed by atoms with Gasteiger partial charge in [-0.25, -0.2) is 4.79 Å². The van der Waals surface area contributed by atoms with E-state index in [4.69, 9.17) is 11.6 Å². The zero-order chi connectivity index (χ0) is 16.3. The van der Waals surface area contributed by atoms with E-state index in [1.807, 2.05) is 0 Å². The van der Waals surface area contributed by atoms with Gasteiger partial charge < -0.3 is 15.7 Å². The lowest BCUT2D eigenvalue weighted by Gasteiger charge is -2.11. The SMILES string of the molecule is O=C(Nc1cccc(C(F)(F)F)c1)Nc1ccc(O)cc1Cl. The number of carbonyl (C=O) groups excluding carboxylic acids is 1. The quantitative estimate of drug-likeness (QED) is 0.698. The Balaban J connectivity index is 2.09. The van der Waals surface area contributed by atoms with Crippen molar-refractivity contribution in [2.24, 2.45) is 0 Å². The fraction of sp³-hybridized carbons (Fsp3) is 0.0714. The average molecular weight is 331 g/mol. The molecule has 116 valence electrons. The molecule has 4 nitrogen and oxygen atoms in total. The molecule has 8 heteroatoms. The number of nitrogens with one attached hydrogen (secondary N) is 2. The van der Waals surface area contributed by atoms with Crippen molar-refractivity contribution in [3.8, 4) is 5.75 Å². The van der Waals surface area contributed by atoms with Gasteiger partial charge in [0.1, 0.15) is 5.75 Å². The highest BCUT2D eigenvalue weighted by molar-refractivity contribution is 6.34. The number of benzene rings is 2. The Bertz CT molecular complexity index is 705. The van der Waals surface area contributed by atoms with Crippen LogP contribution in [-0.2, 0) is 6.18 Å². The lowest BCUT2D eigenvalue weighted by molar-refractivity contribution is -0.137. The van der Waals surface area contributed by atoms with Crippen LogP contribution in [0, 0.1) is 0 Å². The molecule has 0 unspecified atom stereocenters. The fourth-order valence-corrected chi connectivity index (χ4v) is 1.89. The highest BCUT2D eigenvalue weighted by atomic mass is 35.5. The third-order valence-electron chi connectivity index (χ3n) is 2.65.